The van der Waals surface area contributed by atoms with E-state index in [2.05, 4.69) is 0 Å². The number of allylic oxidation sites excluding steroid dienone is 1. The smallest absolute Gasteiger partial charge is 0.160 e. The van der Waals surface area contributed by atoms with Gasteiger partial charge in [0.15, 0.2) is 5.78 Å². The van der Waals surface area contributed by atoms with Gasteiger partial charge in [-0.2, -0.15) is 0 Å². The van der Waals surface area contributed by atoms with E-state index in [4.69, 9.17) is 0 Å². The lowest BCUT2D eigenvalue weighted by Gasteiger charge is -2.07. The number of benzene rings is 1. The Hall–Kier alpha value is -1.37. The lowest BCUT2D eigenvalue weighted by Crippen LogP contribution is -2.04. The van der Waals surface area contributed by atoms with Crippen molar-refractivity contribution in [1.29, 1.82) is 0 Å². The summed E-state index contributed by atoms with van der Waals surface area (Å²) in [6, 6.07) is 7.97. The van der Waals surface area contributed by atoms with Crippen LogP contribution in [0.1, 0.15) is 25.0 Å². The molecule has 1 aromatic rings. The largest absolute Gasteiger partial charge is 0.294 e. The number of ketones is 1. The summed E-state index contributed by atoms with van der Waals surface area (Å²) < 4.78 is 0. The van der Waals surface area contributed by atoms with Crippen LogP contribution in [-0.2, 0) is 11.2 Å². The number of hydrogen-bond acceptors (Lipinski definition) is 1. The lowest BCUT2D eigenvalue weighted by molar-refractivity contribution is -0.114. The highest BCUT2D eigenvalue weighted by atomic mass is 16.1. The van der Waals surface area contributed by atoms with Crippen molar-refractivity contribution >= 4 is 11.9 Å². The van der Waals surface area contributed by atoms with Crippen LogP contribution in [0.3, 0.4) is 0 Å². The lowest BCUT2D eigenvalue weighted by atomic mass is 9.97. The number of carbonyl (C=O) groups excluding carboxylic acids is 1. The molecule has 1 aliphatic rings. The third-order valence-electron chi connectivity index (χ3n) is 1.87. The van der Waals surface area contributed by atoms with E-state index in [9.17, 15) is 4.79 Å². The van der Waals surface area contributed by atoms with E-state index in [-0.39, 0.29) is 5.78 Å². The Balaban J connectivity index is 0.000000396. The Labute approximate surface area is 79.1 Å². The van der Waals surface area contributed by atoms with Gasteiger partial charge in [-0.1, -0.05) is 44.2 Å². The third kappa shape index (κ3) is 2.28. The molecule has 0 atom stereocenters. The van der Waals surface area contributed by atoms with Crippen molar-refractivity contribution in [2.24, 2.45) is 0 Å². The highest BCUT2D eigenvalue weighted by Crippen LogP contribution is 2.15. The molecule has 13 heavy (non-hydrogen) atoms. The van der Waals surface area contributed by atoms with Crippen molar-refractivity contribution in [2.75, 3.05) is 0 Å². The van der Waals surface area contributed by atoms with Crippen molar-refractivity contribution in [3.8, 4) is 0 Å². The Morgan fingerprint density at radius 3 is 2.54 bits per heavy atom. The summed E-state index contributed by atoms with van der Waals surface area (Å²) in [5.41, 5.74) is 2.31. The van der Waals surface area contributed by atoms with Crippen molar-refractivity contribution < 1.29 is 4.79 Å². The van der Waals surface area contributed by atoms with Gasteiger partial charge < -0.3 is 0 Å². The quantitative estimate of drug-likeness (QED) is 0.591. The minimum atomic E-state index is 0.198. The van der Waals surface area contributed by atoms with Crippen LogP contribution in [-0.4, -0.2) is 5.78 Å². The molecule has 0 fully saturated rings. The fourth-order valence-electron chi connectivity index (χ4n) is 1.29. The molecule has 0 heterocycles. The molecule has 0 unspecified atom stereocenters. The molecule has 0 bridgehead atoms. The summed E-state index contributed by atoms with van der Waals surface area (Å²) in [4.78, 5) is 10.9. The average Bonchev–Trinajstić information content (AvgIpc) is 2.21. The number of rotatable bonds is 0. The van der Waals surface area contributed by atoms with Gasteiger partial charge in [-0.3, -0.25) is 4.79 Å². The molecule has 0 saturated heterocycles. The summed E-state index contributed by atoms with van der Waals surface area (Å²) in [6.45, 7) is 4.00. The summed E-state index contributed by atoms with van der Waals surface area (Å²) in [5.74, 6) is 0.198. The maximum Gasteiger partial charge on any atom is 0.160 e. The standard InChI is InChI=1S/C10H8O.C2H6/c11-10-6-5-8-3-1-2-4-9(8)7-10;1-2/h1-6H,7H2;1-2H3. The van der Waals surface area contributed by atoms with Gasteiger partial charge in [0, 0.05) is 6.42 Å². The van der Waals surface area contributed by atoms with Gasteiger partial charge in [0.1, 0.15) is 0 Å². The second-order valence-corrected chi connectivity index (χ2v) is 2.68. The van der Waals surface area contributed by atoms with Crippen LogP contribution in [0.5, 0.6) is 0 Å². The molecular weight excluding hydrogens is 160 g/mol. The minimum Gasteiger partial charge on any atom is -0.294 e. The Morgan fingerprint density at radius 1 is 1.08 bits per heavy atom. The predicted molar refractivity (Wildman–Crippen MR) is 55.5 cm³/mol. The summed E-state index contributed by atoms with van der Waals surface area (Å²) in [7, 11) is 0. The second kappa shape index (κ2) is 4.61. The zero-order valence-corrected chi connectivity index (χ0v) is 8.08. The van der Waals surface area contributed by atoms with Gasteiger partial charge in [0.2, 0.25) is 0 Å². The maximum atomic E-state index is 10.9. The second-order valence-electron chi connectivity index (χ2n) is 2.68. The predicted octanol–water partition coefficient (Wildman–Crippen LogP) is 2.85. The van der Waals surface area contributed by atoms with Gasteiger partial charge in [0.05, 0.1) is 0 Å². The van der Waals surface area contributed by atoms with Crippen molar-refractivity contribution in [3.05, 3.63) is 41.5 Å². The molecule has 0 aliphatic heterocycles. The van der Waals surface area contributed by atoms with Gasteiger partial charge >= 0.3 is 0 Å². The molecule has 2 rings (SSSR count). The van der Waals surface area contributed by atoms with Crippen LogP contribution < -0.4 is 0 Å². The molecule has 0 radical (unpaired) electrons. The van der Waals surface area contributed by atoms with E-state index in [1.54, 1.807) is 6.08 Å². The summed E-state index contributed by atoms with van der Waals surface area (Å²) >= 11 is 0. The Morgan fingerprint density at radius 2 is 1.77 bits per heavy atom. The molecule has 0 aromatic heterocycles. The molecule has 1 aliphatic carbocycles. The van der Waals surface area contributed by atoms with E-state index in [1.165, 1.54) is 5.56 Å². The monoisotopic (exact) mass is 174 g/mol. The first kappa shape index (κ1) is 9.72. The highest BCUT2D eigenvalue weighted by molar-refractivity contribution is 5.98. The SMILES string of the molecule is CC.O=C1C=Cc2ccccc2C1. The van der Waals surface area contributed by atoms with Crippen LogP contribution in [0, 0.1) is 0 Å². The first-order valence-electron chi connectivity index (χ1n) is 4.65. The zero-order chi connectivity index (χ0) is 9.68. The summed E-state index contributed by atoms with van der Waals surface area (Å²) in [5, 5.41) is 0. The number of fused-ring (bicyclic) bond motifs is 1. The fraction of sp³-hybridized carbons (Fsp3) is 0.250. The molecule has 0 spiro atoms. The third-order valence-corrected chi connectivity index (χ3v) is 1.87. The summed E-state index contributed by atoms with van der Waals surface area (Å²) in [6.07, 6.45) is 4.08. The number of hydrogen-bond donors (Lipinski definition) is 0. The van der Waals surface area contributed by atoms with E-state index in [0.717, 1.165) is 5.56 Å². The fourth-order valence-corrected chi connectivity index (χ4v) is 1.29. The van der Waals surface area contributed by atoms with Crippen molar-refractivity contribution in [3.63, 3.8) is 0 Å². The topological polar surface area (TPSA) is 17.1 Å². The van der Waals surface area contributed by atoms with Crippen molar-refractivity contribution in [1.82, 2.24) is 0 Å². The van der Waals surface area contributed by atoms with Crippen LogP contribution in [0.2, 0.25) is 0 Å². The minimum absolute atomic E-state index is 0.198. The van der Waals surface area contributed by atoms with Crippen LogP contribution in [0.25, 0.3) is 6.08 Å². The van der Waals surface area contributed by atoms with Crippen LogP contribution in [0.4, 0.5) is 0 Å². The first-order chi connectivity index (χ1) is 6.36. The number of carbonyl (C=O) groups is 1. The Bertz CT molecular complexity index is 324. The van der Waals surface area contributed by atoms with E-state index in [0.29, 0.717) is 6.42 Å². The van der Waals surface area contributed by atoms with Crippen LogP contribution in [0.15, 0.2) is 30.3 Å². The average molecular weight is 174 g/mol. The molecule has 1 nitrogen and oxygen atoms in total. The molecule has 1 heteroatoms. The van der Waals surface area contributed by atoms with Gasteiger partial charge in [0.25, 0.3) is 0 Å². The van der Waals surface area contributed by atoms with Gasteiger partial charge in [-0.05, 0) is 17.2 Å². The van der Waals surface area contributed by atoms with Gasteiger partial charge in [-0.15, -0.1) is 0 Å². The van der Waals surface area contributed by atoms with Gasteiger partial charge in [-0.25, -0.2) is 0 Å². The molecule has 0 amide bonds. The molecule has 1 aromatic carbocycles. The van der Waals surface area contributed by atoms with Crippen molar-refractivity contribution in [2.45, 2.75) is 20.3 Å². The van der Waals surface area contributed by atoms with E-state index < -0.39 is 0 Å². The molecule has 68 valence electrons. The Kier molecular flexibility index (Phi) is 3.44. The molecule has 0 saturated carbocycles. The van der Waals surface area contributed by atoms with E-state index >= 15 is 0 Å². The maximum absolute atomic E-state index is 10.9. The molecule has 0 N–H and O–H groups in total. The zero-order valence-electron chi connectivity index (χ0n) is 8.08. The van der Waals surface area contributed by atoms with Crippen LogP contribution >= 0.6 is 0 Å². The molecular formula is C12H14O. The highest BCUT2D eigenvalue weighted by Gasteiger charge is 2.07. The normalized spacial score (nSPS) is 12.9. The first-order valence-corrected chi connectivity index (χ1v) is 4.65. The van der Waals surface area contributed by atoms with E-state index in [1.807, 2.05) is 44.2 Å².